The third-order valence-electron chi connectivity index (χ3n) is 12.0. The molecule has 0 radical (unpaired) electrons. The van der Waals surface area contributed by atoms with E-state index in [2.05, 4.69) is 50.4 Å². The number of amides is 1. The van der Waals surface area contributed by atoms with Crippen LogP contribution in [0.1, 0.15) is 252 Å². The second kappa shape index (κ2) is 50.3. The van der Waals surface area contributed by atoms with Gasteiger partial charge in [-0.25, -0.2) is 0 Å². The standard InChI is InChI=1S/C57H101NO5/c1-4-7-10-13-16-19-22-25-27-28-29-32-35-38-41-44-47-50-57(62)63-53(48-45-42-39-36-33-31-26-23-20-17-14-11-8-5-2)51-56(61)58-54(52-59)55(60)49-46-43-40-37-34-30-24-21-18-15-12-9-6-3/h7,10,13,16,19,22,25,27-29,32,35,53-55,59-60H,4-6,8-9,11-12,14-15,17-18,20-21,23-24,26,30-31,33-34,36-52H2,1-3H3,(H,58,61)/b10-7-,16-13+,22-19+,27-25-,29-28+,35-32+. The zero-order valence-electron chi connectivity index (χ0n) is 41.4. The number of ether oxygens (including phenoxy) is 1. The van der Waals surface area contributed by atoms with Crippen molar-refractivity contribution in [2.24, 2.45) is 0 Å². The van der Waals surface area contributed by atoms with Gasteiger partial charge in [-0.05, 0) is 44.9 Å². The molecule has 0 aliphatic heterocycles. The Morgan fingerprint density at radius 2 is 0.857 bits per heavy atom. The topological polar surface area (TPSA) is 95.9 Å². The van der Waals surface area contributed by atoms with E-state index in [1.807, 2.05) is 48.6 Å². The number of rotatable bonds is 47. The maximum absolute atomic E-state index is 13.2. The van der Waals surface area contributed by atoms with Crippen LogP contribution in [-0.2, 0) is 14.3 Å². The van der Waals surface area contributed by atoms with Gasteiger partial charge < -0.3 is 20.3 Å². The molecular formula is C57H101NO5. The van der Waals surface area contributed by atoms with E-state index in [1.165, 1.54) is 135 Å². The molecule has 0 saturated heterocycles. The molecule has 3 unspecified atom stereocenters. The number of esters is 1. The van der Waals surface area contributed by atoms with Crippen LogP contribution in [0.5, 0.6) is 0 Å². The van der Waals surface area contributed by atoms with Gasteiger partial charge in [-0.15, -0.1) is 0 Å². The van der Waals surface area contributed by atoms with Gasteiger partial charge in [0.05, 0.1) is 25.2 Å². The Morgan fingerprint density at radius 3 is 1.29 bits per heavy atom. The minimum atomic E-state index is -0.797. The van der Waals surface area contributed by atoms with Gasteiger partial charge in [0.2, 0.25) is 5.91 Å². The van der Waals surface area contributed by atoms with Crippen molar-refractivity contribution >= 4 is 11.9 Å². The van der Waals surface area contributed by atoms with E-state index in [0.29, 0.717) is 19.3 Å². The van der Waals surface area contributed by atoms with Crippen molar-refractivity contribution < 1.29 is 24.5 Å². The molecule has 0 aromatic carbocycles. The van der Waals surface area contributed by atoms with Crippen LogP contribution in [0, 0.1) is 0 Å². The normalized spacial score (nSPS) is 13.8. The fourth-order valence-corrected chi connectivity index (χ4v) is 7.93. The molecular weight excluding hydrogens is 779 g/mol. The first-order valence-corrected chi connectivity index (χ1v) is 26.7. The van der Waals surface area contributed by atoms with Crippen molar-refractivity contribution in [1.29, 1.82) is 0 Å². The first kappa shape index (κ1) is 60.3. The minimum Gasteiger partial charge on any atom is -0.462 e. The van der Waals surface area contributed by atoms with Gasteiger partial charge in [0.1, 0.15) is 6.10 Å². The second-order valence-electron chi connectivity index (χ2n) is 18.1. The summed E-state index contributed by atoms with van der Waals surface area (Å²) in [7, 11) is 0. The number of nitrogens with one attached hydrogen (secondary N) is 1. The summed E-state index contributed by atoms with van der Waals surface area (Å²) in [5.74, 6) is -0.520. The lowest BCUT2D eigenvalue weighted by Gasteiger charge is -2.24. The van der Waals surface area contributed by atoms with Gasteiger partial charge in [-0.1, -0.05) is 267 Å². The molecule has 0 bridgehead atoms. The molecule has 0 fully saturated rings. The molecule has 364 valence electrons. The predicted octanol–water partition coefficient (Wildman–Crippen LogP) is 16.2. The fraction of sp³-hybridized carbons (Fsp3) is 0.754. The quantitative estimate of drug-likeness (QED) is 0.0321. The molecule has 0 aliphatic rings. The van der Waals surface area contributed by atoms with Crippen molar-refractivity contribution in [3.05, 3.63) is 72.9 Å². The fourth-order valence-electron chi connectivity index (χ4n) is 7.93. The molecule has 0 aromatic heterocycles. The number of carbonyl (C=O) groups excluding carboxylic acids is 2. The average Bonchev–Trinajstić information content (AvgIpc) is 3.28. The van der Waals surface area contributed by atoms with E-state index < -0.39 is 18.2 Å². The monoisotopic (exact) mass is 880 g/mol. The Bertz CT molecular complexity index is 1170. The number of hydrogen-bond acceptors (Lipinski definition) is 5. The Morgan fingerprint density at radius 1 is 0.476 bits per heavy atom. The van der Waals surface area contributed by atoms with E-state index >= 15 is 0 Å². The van der Waals surface area contributed by atoms with Gasteiger partial charge in [-0.2, -0.15) is 0 Å². The van der Waals surface area contributed by atoms with Crippen LogP contribution in [0.2, 0.25) is 0 Å². The highest BCUT2D eigenvalue weighted by Crippen LogP contribution is 2.18. The summed E-state index contributed by atoms with van der Waals surface area (Å²) >= 11 is 0. The first-order valence-electron chi connectivity index (χ1n) is 26.7. The maximum atomic E-state index is 13.2. The SMILES string of the molecule is CC\C=C/C=C/C=C/C=C\C=C\C=C\CCCCCC(=O)OC(CCCCCCCCCCCCCCCC)CC(=O)NC(CO)C(O)CCCCCCCCCCCCCCC. The number of unbranched alkanes of at least 4 members (excludes halogenated alkanes) is 28. The highest BCUT2D eigenvalue weighted by Gasteiger charge is 2.24. The van der Waals surface area contributed by atoms with Gasteiger partial charge in [0.25, 0.3) is 0 Å². The average molecular weight is 880 g/mol. The van der Waals surface area contributed by atoms with Crippen LogP contribution in [0.25, 0.3) is 0 Å². The summed E-state index contributed by atoms with van der Waals surface area (Å²) in [6, 6.07) is -0.712. The second-order valence-corrected chi connectivity index (χ2v) is 18.1. The smallest absolute Gasteiger partial charge is 0.306 e. The van der Waals surface area contributed by atoms with Crippen LogP contribution >= 0.6 is 0 Å². The summed E-state index contributed by atoms with van der Waals surface area (Å²) < 4.78 is 5.93. The van der Waals surface area contributed by atoms with Gasteiger partial charge in [0.15, 0.2) is 0 Å². The van der Waals surface area contributed by atoms with Gasteiger partial charge in [-0.3, -0.25) is 9.59 Å². The third kappa shape index (κ3) is 45.7. The number of carbonyl (C=O) groups is 2. The molecule has 63 heavy (non-hydrogen) atoms. The van der Waals surface area contributed by atoms with Crippen molar-refractivity contribution in [3.8, 4) is 0 Å². The molecule has 0 heterocycles. The van der Waals surface area contributed by atoms with Crippen molar-refractivity contribution in [2.75, 3.05) is 6.61 Å². The molecule has 0 saturated carbocycles. The minimum absolute atomic E-state index is 0.0592. The molecule has 0 aromatic rings. The lowest BCUT2D eigenvalue weighted by molar-refractivity contribution is -0.151. The molecule has 1 amide bonds. The van der Waals surface area contributed by atoms with E-state index in [1.54, 1.807) is 0 Å². The lowest BCUT2D eigenvalue weighted by Crippen LogP contribution is -2.46. The zero-order valence-corrected chi connectivity index (χ0v) is 41.4. The molecule has 3 atom stereocenters. The van der Waals surface area contributed by atoms with Crippen LogP contribution < -0.4 is 5.32 Å². The van der Waals surface area contributed by atoms with Gasteiger partial charge >= 0.3 is 5.97 Å². The lowest BCUT2D eigenvalue weighted by atomic mass is 10.0. The van der Waals surface area contributed by atoms with Crippen LogP contribution in [0.3, 0.4) is 0 Å². The number of hydrogen-bond donors (Lipinski definition) is 3. The first-order chi connectivity index (χ1) is 31.0. The highest BCUT2D eigenvalue weighted by atomic mass is 16.5. The molecule has 0 spiro atoms. The van der Waals surface area contributed by atoms with E-state index in [0.717, 1.165) is 70.6 Å². The predicted molar refractivity (Wildman–Crippen MR) is 273 cm³/mol. The summed E-state index contributed by atoms with van der Waals surface area (Å²) in [6.45, 7) is 6.34. The van der Waals surface area contributed by atoms with Crippen molar-refractivity contribution in [2.45, 2.75) is 270 Å². The van der Waals surface area contributed by atoms with E-state index in [9.17, 15) is 19.8 Å². The number of allylic oxidation sites excluding steroid dienone is 12. The molecule has 0 aliphatic carbocycles. The van der Waals surface area contributed by atoms with Crippen molar-refractivity contribution in [1.82, 2.24) is 5.32 Å². The van der Waals surface area contributed by atoms with E-state index in [-0.39, 0.29) is 24.9 Å². The van der Waals surface area contributed by atoms with Crippen LogP contribution in [0.4, 0.5) is 0 Å². The molecule has 6 nitrogen and oxygen atoms in total. The largest absolute Gasteiger partial charge is 0.462 e. The molecule has 6 heteroatoms. The number of aliphatic hydroxyl groups is 2. The summed E-state index contributed by atoms with van der Waals surface area (Å²) in [6.07, 6.45) is 63.8. The summed E-state index contributed by atoms with van der Waals surface area (Å²) in [5, 5.41) is 23.8. The van der Waals surface area contributed by atoms with Gasteiger partial charge in [0, 0.05) is 6.42 Å². The summed E-state index contributed by atoms with van der Waals surface area (Å²) in [5.41, 5.74) is 0. The Hall–Kier alpha value is -2.70. The Kier molecular flexibility index (Phi) is 48.1. The highest BCUT2D eigenvalue weighted by molar-refractivity contribution is 5.77. The zero-order chi connectivity index (χ0) is 45.9. The Labute approximate surface area is 390 Å². The van der Waals surface area contributed by atoms with Crippen LogP contribution in [-0.4, -0.2) is 46.9 Å². The maximum Gasteiger partial charge on any atom is 0.306 e. The molecule has 3 N–H and O–H groups in total. The number of aliphatic hydroxyl groups excluding tert-OH is 2. The van der Waals surface area contributed by atoms with Crippen LogP contribution in [0.15, 0.2) is 72.9 Å². The Balaban J connectivity index is 4.66. The third-order valence-corrected chi connectivity index (χ3v) is 12.0. The summed E-state index contributed by atoms with van der Waals surface area (Å²) in [4.78, 5) is 26.2. The van der Waals surface area contributed by atoms with E-state index in [4.69, 9.17) is 4.74 Å². The van der Waals surface area contributed by atoms with Crippen molar-refractivity contribution in [3.63, 3.8) is 0 Å². The molecule has 0 rings (SSSR count).